The fourth-order valence-corrected chi connectivity index (χ4v) is 9.35. The van der Waals surface area contributed by atoms with Crippen molar-refractivity contribution in [2.24, 2.45) is 5.92 Å². The highest BCUT2D eigenvalue weighted by Crippen LogP contribution is 2.42. The Hall–Kier alpha value is -5.24. The smallest absolute Gasteiger partial charge is 0.264 e. The van der Waals surface area contributed by atoms with Gasteiger partial charge in [-0.1, -0.05) is 95.6 Å². The maximum absolute atomic E-state index is 13.7. The summed E-state index contributed by atoms with van der Waals surface area (Å²) in [4.78, 5) is 57.2. The Labute approximate surface area is 337 Å². The third-order valence-electron chi connectivity index (χ3n) is 8.96. The van der Waals surface area contributed by atoms with Gasteiger partial charge in [-0.3, -0.25) is 29.0 Å². The van der Waals surface area contributed by atoms with E-state index in [2.05, 4.69) is 16.7 Å². The van der Waals surface area contributed by atoms with Crippen LogP contribution >= 0.6 is 46.7 Å². The Balaban J connectivity index is 1.09. The molecule has 2 aliphatic heterocycles. The van der Waals surface area contributed by atoms with Crippen molar-refractivity contribution < 1.29 is 19.2 Å². The van der Waals surface area contributed by atoms with Crippen LogP contribution in [0.1, 0.15) is 17.5 Å². The van der Waals surface area contributed by atoms with Gasteiger partial charge in [-0.05, 0) is 72.5 Å². The number of para-hydroxylation sites is 2. The SMILES string of the molecule is N#C/C(C(=O)NCCNC(=O)[C@H](C#N)C[C@@H]1S[C@H](Cc2ccc(Cl)cc2)C(=O)N1c1ccccc1)=C1/S[C@H](Cc2ccc(Cl)cc2)C(=O)N1c1ccccc1. The zero-order valence-electron chi connectivity index (χ0n) is 29.2. The van der Waals surface area contributed by atoms with E-state index in [-0.39, 0.29) is 41.9 Å². The maximum atomic E-state index is 13.7. The lowest BCUT2D eigenvalue weighted by Crippen LogP contribution is -2.40. The van der Waals surface area contributed by atoms with Gasteiger partial charge in [-0.15, -0.1) is 11.8 Å². The summed E-state index contributed by atoms with van der Waals surface area (Å²) in [5, 5.41) is 25.5. The number of rotatable bonds is 13. The number of thioether (sulfide) groups is 2. The van der Waals surface area contributed by atoms with E-state index in [1.54, 1.807) is 59.5 Å². The Morgan fingerprint density at radius 3 is 1.84 bits per heavy atom. The highest BCUT2D eigenvalue weighted by Gasteiger charge is 2.43. The van der Waals surface area contributed by atoms with Gasteiger partial charge in [0.25, 0.3) is 5.91 Å². The molecule has 2 aliphatic rings. The van der Waals surface area contributed by atoms with Gasteiger partial charge in [-0.2, -0.15) is 10.5 Å². The molecule has 55 heavy (non-hydrogen) atoms. The summed E-state index contributed by atoms with van der Waals surface area (Å²) < 4.78 is 0. The highest BCUT2D eigenvalue weighted by atomic mass is 35.5. The molecule has 0 bridgehead atoms. The Morgan fingerprint density at radius 1 is 0.727 bits per heavy atom. The summed E-state index contributed by atoms with van der Waals surface area (Å²) in [5.74, 6) is -2.71. The van der Waals surface area contributed by atoms with Crippen LogP contribution in [0.25, 0.3) is 0 Å². The molecule has 0 radical (unpaired) electrons. The minimum absolute atomic E-state index is 0.0250. The van der Waals surface area contributed by atoms with Crippen LogP contribution in [0.3, 0.4) is 0 Å². The molecular weight excluding hydrogens is 776 g/mol. The van der Waals surface area contributed by atoms with Crippen molar-refractivity contribution in [3.05, 3.63) is 141 Å². The first-order valence-electron chi connectivity index (χ1n) is 17.3. The van der Waals surface area contributed by atoms with Crippen LogP contribution in [-0.2, 0) is 32.0 Å². The second kappa shape index (κ2) is 18.4. The number of nitrogens with one attached hydrogen (secondary N) is 2. The van der Waals surface area contributed by atoms with E-state index < -0.39 is 33.6 Å². The monoisotopic (exact) mass is 808 g/mol. The van der Waals surface area contributed by atoms with Crippen molar-refractivity contribution in [3.63, 3.8) is 0 Å². The van der Waals surface area contributed by atoms with Crippen LogP contribution in [0, 0.1) is 28.6 Å². The van der Waals surface area contributed by atoms with Crippen LogP contribution in [0.5, 0.6) is 0 Å². The first-order valence-corrected chi connectivity index (χ1v) is 19.9. The van der Waals surface area contributed by atoms with Gasteiger partial charge in [-0.25, -0.2) is 0 Å². The topological polar surface area (TPSA) is 146 Å². The standard InChI is InChI=1S/C41H34Cl2N6O4S2/c42-29-15-11-26(12-16-29)21-34-39(52)48(31-7-3-1-4-8-31)36(54-34)23-28(24-44)37(50)46-19-20-47-38(51)33(25-45)41-49(32-9-5-2-6-10-32)40(53)35(55-41)22-27-13-17-30(43)18-14-27/h1-18,28,34-36H,19-23H2,(H,46,50)(H,47,51)/b41-33-/t28-,34+,35+,36-/m0/s1. The normalized spacial score (nSPS) is 19.4. The highest BCUT2D eigenvalue weighted by molar-refractivity contribution is 8.05. The summed E-state index contributed by atoms with van der Waals surface area (Å²) >= 11 is 14.7. The number of carbonyl (C=O) groups is 4. The molecule has 6 rings (SSSR count). The number of nitrogens with zero attached hydrogens (tertiary/aromatic N) is 4. The molecule has 2 fully saturated rings. The zero-order valence-corrected chi connectivity index (χ0v) is 32.4. The van der Waals surface area contributed by atoms with E-state index in [0.717, 1.165) is 22.9 Å². The molecule has 14 heteroatoms. The van der Waals surface area contributed by atoms with Gasteiger partial charge in [0.2, 0.25) is 17.7 Å². The fraction of sp³-hybridized carbons (Fsp3) is 0.220. The van der Waals surface area contributed by atoms with Crippen molar-refractivity contribution in [2.75, 3.05) is 22.9 Å². The average Bonchev–Trinajstić information content (AvgIpc) is 3.68. The summed E-state index contributed by atoms with van der Waals surface area (Å²) in [6.07, 6.45) is 0.905. The van der Waals surface area contributed by atoms with Crippen LogP contribution in [0.15, 0.2) is 120 Å². The second-order valence-electron chi connectivity index (χ2n) is 12.7. The number of nitriles is 2. The molecule has 0 unspecified atom stereocenters. The molecule has 278 valence electrons. The largest absolute Gasteiger partial charge is 0.353 e. The fourth-order valence-electron chi connectivity index (χ4n) is 6.25. The average molecular weight is 810 g/mol. The second-order valence-corrected chi connectivity index (χ2v) is 16.1. The molecule has 0 aromatic heterocycles. The van der Waals surface area contributed by atoms with Crippen LogP contribution in [-0.4, -0.2) is 52.6 Å². The van der Waals surface area contributed by atoms with Crippen molar-refractivity contribution in [3.8, 4) is 12.1 Å². The van der Waals surface area contributed by atoms with E-state index in [1.165, 1.54) is 16.7 Å². The lowest BCUT2D eigenvalue weighted by Gasteiger charge is -2.25. The molecule has 0 saturated carbocycles. The molecule has 4 aromatic carbocycles. The van der Waals surface area contributed by atoms with Gasteiger partial charge in [0.05, 0.1) is 21.9 Å². The molecule has 4 amide bonds. The Morgan fingerprint density at radius 2 is 1.27 bits per heavy atom. The van der Waals surface area contributed by atoms with Gasteiger partial charge in [0, 0.05) is 40.9 Å². The quantitative estimate of drug-likeness (QED) is 0.0843. The third kappa shape index (κ3) is 9.53. The lowest BCUT2D eigenvalue weighted by atomic mass is 10.0. The summed E-state index contributed by atoms with van der Waals surface area (Å²) in [6.45, 7) is -0.0713. The van der Waals surface area contributed by atoms with Crippen molar-refractivity contribution in [1.29, 1.82) is 10.5 Å². The summed E-state index contributed by atoms with van der Waals surface area (Å²) in [7, 11) is 0. The van der Waals surface area contributed by atoms with Crippen molar-refractivity contribution in [1.82, 2.24) is 10.6 Å². The zero-order chi connectivity index (χ0) is 38.9. The van der Waals surface area contributed by atoms with Crippen LogP contribution < -0.4 is 20.4 Å². The Bertz CT molecular complexity index is 2160. The van der Waals surface area contributed by atoms with Crippen LogP contribution in [0.4, 0.5) is 11.4 Å². The molecule has 10 nitrogen and oxygen atoms in total. The molecule has 0 spiro atoms. The van der Waals surface area contributed by atoms with Crippen molar-refractivity contribution >= 4 is 81.7 Å². The molecule has 4 aromatic rings. The van der Waals surface area contributed by atoms with Crippen molar-refractivity contribution in [2.45, 2.75) is 35.1 Å². The number of hydrogen-bond donors (Lipinski definition) is 2. The number of carbonyl (C=O) groups excluding carboxylic acids is 4. The van der Waals surface area contributed by atoms with Gasteiger partial charge in [0.1, 0.15) is 22.6 Å². The predicted octanol–water partition coefficient (Wildman–Crippen LogP) is 6.90. The first kappa shape index (κ1) is 39.5. The van der Waals surface area contributed by atoms with E-state index >= 15 is 0 Å². The first-order chi connectivity index (χ1) is 26.7. The predicted molar refractivity (Wildman–Crippen MR) is 217 cm³/mol. The minimum Gasteiger partial charge on any atom is -0.353 e. The van der Waals surface area contributed by atoms with Gasteiger partial charge in [0.15, 0.2) is 0 Å². The molecule has 2 heterocycles. The molecule has 4 atom stereocenters. The van der Waals surface area contributed by atoms with Gasteiger partial charge < -0.3 is 10.6 Å². The Kier molecular flexibility index (Phi) is 13.2. The van der Waals surface area contributed by atoms with E-state index in [1.807, 2.05) is 60.7 Å². The van der Waals surface area contributed by atoms with Gasteiger partial charge >= 0.3 is 0 Å². The molecule has 2 N–H and O–H groups in total. The van der Waals surface area contributed by atoms with E-state index in [9.17, 15) is 29.7 Å². The minimum atomic E-state index is -1.09. The maximum Gasteiger partial charge on any atom is 0.264 e. The number of anilines is 2. The molecule has 0 aliphatic carbocycles. The number of benzene rings is 4. The number of amides is 4. The van der Waals surface area contributed by atoms with E-state index in [4.69, 9.17) is 23.2 Å². The number of hydrogen-bond acceptors (Lipinski definition) is 8. The molecular formula is C41H34Cl2N6O4S2. The summed E-state index contributed by atoms with van der Waals surface area (Å²) in [5.41, 5.74) is 2.78. The molecule has 2 saturated heterocycles. The van der Waals surface area contributed by atoms with Crippen LogP contribution in [0.2, 0.25) is 10.0 Å². The third-order valence-corrected chi connectivity index (χ3v) is 12.1. The summed E-state index contributed by atoms with van der Waals surface area (Å²) in [6, 6.07) is 36.5. The lowest BCUT2D eigenvalue weighted by molar-refractivity contribution is -0.124. The van der Waals surface area contributed by atoms with E-state index in [0.29, 0.717) is 34.3 Å². The number of halogens is 2.